The summed E-state index contributed by atoms with van der Waals surface area (Å²) >= 11 is 0. The van der Waals surface area contributed by atoms with E-state index >= 15 is 0 Å². The minimum absolute atomic E-state index is 0.206. The van der Waals surface area contributed by atoms with Crippen molar-refractivity contribution in [1.82, 2.24) is 4.98 Å². The maximum Gasteiger partial charge on any atom is 0.250 e. The first-order valence-corrected chi connectivity index (χ1v) is 12.0. The standard InChI is InChI=1S/C24H26N2O3S/c1-2-30(28,29)20-10-8-16(9-11-20)12-19-15-26-23-21(19)13-18(14-22(23)24(25)27)17-6-4-3-5-7-17/h3-7,12-15,20,26H,2,8-11H2,1H3,(H2,25,27). The van der Waals surface area contributed by atoms with Crippen LogP contribution in [-0.2, 0) is 9.84 Å². The van der Waals surface area contributed by atoms with Crippen molar-refractivity contribution >= 4 is 32.7 Å². The summed E-state index contributed by atoms with van der Waals surface area (Å²) in [6.07, 6.45) is 6.93. The summed E-state index contributed by atoms with van der Waals surface area (Å²) in [5, 5.41) is 0.717. The Kier molecular flexibility index (Phi) is 5.52. The van der Waals surface area contributed by atoms with Gasteiger partial charge in [0.05, 0.1) is 16.3 Å². The highest BCUT2D eigenvalue weighted by Crippen LogP contribution is 2.34. The van der Waals surface area contributed by atoms with Gasteiger partial charge in [-0.25, -0.2) is 8.42 Å². The molecule has 1 aliphatic carbocycles. The number of carbonyl (C=O) groups excluding carboxylic acids is 1. The number of nitrogens with two attached hydrogens (primary N) is 1. The maximum atomic E-state index is 12.2. The van der Waals surface area contributed by atoms with Gasteiger partial charge in [0.1, 0.15) is 0 Å². The van der Waals surface area contributed by atoms with E-state index in [0.29, 0.717) is 18.4 Å². The van der Waals surface area contributed by atoms with Gasteiger partial charge in [-0.1, -0.05) is 48.9 Å². The highest BCUT2D eigenvalue weighted by atomic mass is 32.2. The normalized spacial score (nSPS) is 17.2. The van der Waals surface area contributed by atoms with Crippen molar-refractivity contribution in [2.24, 2.45) is 5.73 Å². The second-order valence-electron chi connectivity index (χ2n) is 7.87. The fourth-order valence-corrected chi connectivity index (χ4v) is 5.71. The lowest BCUT2D eigenvalue weighted by atomic mass is 9.92. The SMILES string of the molecule is CCS(=O)(=O)C1CCC(=Cc2c[nH]c3c(C(N)=O)cc(-c4ccccc4)cc23)CC1. The molecule has 1 amide bonds. The molecule has 3 N–H and O–H groups in total. The monoisotopic (exact) mass is 422 g/mol. The van der Waals surface area contributed by atoms with Crippen LogP contribution in [-0.4, -0.2) is 30.3 Å². The van der Waals surface area contributed by atoms with Crippen LogP contribution in [0, 0.1) is 0 Å². The lowest BCUT2D eigenvalue weighted by molar-refractivity contribution is 0.100. The summed E-state index contributed by atoms with van der Waals surface area (Å²) in [4.78, 5) is 15.3. The van der Waals surface area contributed by atoms with Gasteiger partial charge >= 0.3 is 0 Å². The number of amides is 1. The van der Waals surface area contributed by atoms with E-state index in [1.807, 2.05) is 42.6 Å². The van der Waals surface area contributed by atoms with Gasteiger partial charge in [0, 0.05) is 17.3 Å². The average molecular weight is 423 g/mol. The molecule has 6 heteroatoms. The zero-order valence-corrected chi connectivity index (χ0v) is 17.8. The predicted molar refractivity (Wildman–Crippen MR) is 122 cm³/mol. The van der Waals surface area contributed by atoms with Crippen molar-refractivity contribution in [1.29, 1.82) is 0 Å². The summed E-state index contributed by atoms with van der Waals surface area (Å²) in [5.74, 6) is -0.263. The van der Waals surface area contributed by atoms with Crippen molar-refractivity contribution < 1.29 is 13.2 Å². The Bertz CT molecular complexity index is 1210. The van der Waals surface area contributed by atoms with E-state index in [4.69, 9.17) is 5.73 Å². The van der Waals surface area contributed by atoms with Crippen LogP contribution in [0.15, 0.2) is 54.2 Å². The van der Waals surface area contributed by atoms with Crippen LogP contribution in [0.3, 0.4) is 0 Å². The van der Waals surface area contributed by atoms with Crippen molar-refractivity contribution in [3.05, 3.63) is 65.4 Å². The molecule has 0 radical (unpaired) electrons. The number of fused-ring (bicyclic) bond motifs is 1. The van der Waals surface area contributed by atoms with E-state index in [2.05, 4.69) is 17.1 Å². The topological polar surface area (TPSA) is 93.0 Å². The maximum absolute atomic E-state index is 12.2. The van der Waals surface area contributed by atoms with Crippen LogP contribution in [0.4, 0.5) is 0 Å². The van der Waals surface area contributed by atoms with Crippen LogP contribution in [0.5, 0.6) is 0 Å². The van der Waals surface area contributed by atoms with Crippen molar-refractivity contribution in [3.8, 4) is 11.1 Å². The molecule has 4 rings (SSSR count). The summed E-state index contributed by atoms with van der Waals surface area (Å²) < 4.78 is 24.3. The number of allylic oxidation sites excluding steroid dienone is 1. The van der Waals surface area contributed by atoms with E-state index in [9.17, 15) is 13.2 Å². The fraction of sp³-hybridized carbons (Fsp3) is 0.292. The van der Waals surface area contributed by atoms with E-state index in [1.54, 1.807) is 6.92 Å². The van der Waals surface area contributed by atoms with Crippen LogP contribution in [0.1, 0.15) is 48.5 Å². The number of rotatable bonds is 5. The Morgan fingerprint density at radius 2 is 1.83 bits per heavy atom. The van der Waals surface area contributed by atoms with E-state index in [0.717, 1.165) is 40.4 Å². The molecule has 0 aliphatic heterocycles. The van der Waals surface area contributed by atoms with Gasteiger partial charge in [0.15, 0.2) is 9.84 Å². The van der Waals surface area contributed by atoms with E-state index < -0.39 is 15.7 Å². The molecular weight excluding hydrogens is 396 g/mol. The quantitative estimate of drug-likeness (QED) is 0.624. The number of carbonyl (C=O) groups is 1. The molecule has 0 saturated heterocycles. The number of aromatic amines is 1. The molecule has 3 aromatic rings. The van der Waals surface area contributed by atoms with Crippen LogP contribution < -0.4 is 5.73 Å². The van der Waals surface area contributed by atoms with Crippen molar-refractivity contribution in [2.75, 3.05) is 5.75 Å². The summed E-state index contributed by atoms with van der Waals surface area (Å²) in [6.45, 7) is 1.72. The second kappa shape index (κ2) is 8.11. The van der Waals surface area contributed by atoms with Gasteiger partial charge in [-0.2, -0.15) is 0 Å². The molecule has 2 aromatic carbocycles. The van der Waals surface area contributed by atoms with Gasteiger partial charge in [-0.15, -0.1) is 0 Å². The Labute approximate surface area is 176 Å². The number of benzene rings is 2. The summed E-state index contributed by atoms with van der Waals surface area (Å²) in [6, 6.07) is 13.8. The number of H-pyrrole nitrogens is 1. The highest BCUT2D eigenvalue weighted by molar-refractivity contribution is 7.92. The minimum Gasteiger partial charge on any atom is -0.366 e. The predicted octanol–water partition coefficient (Wildman–Crippen LogP) is 4.69. The third kappa shape index (κ3) is 3.92. The number of hydrogen-bond acceptors (Lipinski definition) is 3. The van der Waals surface area contributed by atoms with Gasteiger partial charge < -0.3 is 10.7 Å². The molecule has 0 bridgehead atoms. The lowest BCUT2D eigenvalue weighted by Crippen LogP contribution is -2.26. The third-order valence-corrected chi connectivity index (χ3v) is 8.33. The highest BCUT2D eigenvalue weighted by Gasteiger charge is 2.27. The second-order valence-corrected chi connectivity index (χ2v) is 10.4. The van der Waals surface area contributed by atoms with Crippen molar-refractivity contribution in [2.45, 2.75) is 37.9 Å². The van der Waals surface area contributed by atoms with Crippen molar-refractivity contribution in [3.63, 3.8) is 0 Å². The Morgan fingerprint density at radius 3 is 2.47 bits per heavy atom. The molecule has 156 valence electrons. The van der Waals surface area contributed by atoms with Gasteiger partial charge in [0.25, 0.3) is 5.91 Å². The first kappa shape index (κ1) is 20.4. The molecule has 1 aliphatic rings. The Balaban J connectivity index is 1.71. The number of primary amides is 1. The molecule has 0 unspecified atom stereocenters. The van der Waals surface area contributed by atoms with Crippen LogP contribution in [0.25, 0.3) is 28.1 Å². The number of nitrogens with one attached hydrogen (secondary N) is 1. The number of sulfone groups is 1. The lowest BCUT2D eigenvalue weighted by Gasteiger charge is -2.23. The minimum atomic E-state index is -2.98. The van der Waals surface area contributed by atoms with E-state index in [-0.39, 0.29) is 11.0 Å². The zero-order chi connectivity index (χ0) is 21.3. The molecule has 5 nitrogen and oxygen atoms in total. The fourth-order valence-electron chi connectivity index (χ4n) is 4.29. The Hall–Kier alpha value is -2.86. The number of aromatic nitrogens is 1. The Morgan fingerprint density at radius 1 is 1.13 bits per heavy atom. The molecule has 1 aromatic heterocycles. The zero-order valence-electron chi connectivity index (χ0n) is 17.0. The van der Waals surface area contributed by atoms with Gasteiger partial charge in [-0.3, -0.25) is 4.79 Å². The third-order valence-electron chi connectivity index (χ3n) is 6.04. The molecular formula is C24H26N2O3S. The molecule has 1 fully saturated rings. The molecule has 1 heterocycles. The largest absolute Gasteiger partial charge is 0.366 e. The summed E-state index contributed by atoms with van der Waals surface area (Å²) in [7, 11) is -2.98. The molecule has 0 atom stereocenters. The average Bonchev–Trinajstić information content (AvgIpc) is 3.16. The first-order chi connectivity index (χ1) is 14.4. The van der Waals surface area contributed by atoms with Crippen LogP contribution in [0.2, 0.25) is 0 Å². The first-order valence-electron chi connectivity index (χ1n) is 10.3. The summed E-state index contributed by atoms with van der Waals surface area (Å²) in [5.41, 5.74) is 11.1. The molecule has 0 spiro atoms. The smallest absolute Gasteiger partial charge is 0.250 e. The van der Waals surface area contributed by atoms with E-state index in [1.165, 1.54) is 5.57 Å². The molecule has 30 heavy (non-hydrogen) atoms. The number of hydrogen-bond donors (Lipinski definition) is 2. The van der Waals surface area contributed by atoms with Gasteiger partial charge in [0.2, 0.25) is 0 Å². The van der Waals surface area contributed by atoms with Gasteiger partial charge in [-0.05, 0) is 54.5 Å². The van der Waals surface area contributed by atoms with Crippen LogP contribution >= 0.6 is 0 Å². The molecule has 1 saturated carbocycles.